The Morgan fingerprint density at radius 2 is 1.34 bits per heavy atom. The van der Waals surface area contributed by atoms with Crippen molar-refractivity contribution in [3.05, 3.63) is 58.7 Å². The second kappa shape index (κ2) is 15.7. The molecule has 0 saturated heterocycles. The van der Waals surface area contributed by atoms with E-state index in [2.05, 4.69) is 64.1 Å². The maximum atomic E-state index is 6.09. The molecule has 0 N–H and O–H groups in total. The van der Waals surface area contributed by atoms with Crippen LogP contribution < -0.4 is 9.47 Å². The Hall–Kier alpha value is -2.04. The summed E-state index contributed by atoms with van der Waals surface area (Å²) in [5, 5.41) is 0. The molecule has 2 rings (SSSR count). The van der Waals surface area contributed by atoms with E-state index in [0.717, 1.165) is 29.0 Å². The highest BCUT2D eigenvalue weighted by Gasteiger charge is 2.13. The first-order valence-electron chi connectivity index (χ1n) is 11.9. The van der Waals surface area contributed by atoms with Crippen LogP contribution in [0.25, 0.3) is 0 Å². The van der Waals surface area contributed by atoms with Gasteiger partial charge in [-0.1, -0.05) is 64.4 Å². The van der Waals surface area contributed by atoms with Crippen LogP contribution in [0, 0.1) is 12.8 Å². The molecule has 2 aromatic carbocycles. The Kier molecular flexibility index (Phi) is 13.7. The molecule has 0 saturated carbocycles. The van der Waals surface area contributed by atoms with Gasteiger partial charge >= 0.3 is 0 Å². The zero-order chi connectivity index (χ0) is 23.9. The van der Waals surface area contributed by atoms with Crippen LogP contribution in [0.3, 0.4) is 0 Å². The summed E-state index contributed by atoms with van der Waals surface area (Å²) in [4.78, 5) is 0. The van der Waals surface area contributed by atoms with E-state index in [9.17, 15) is 0 Å². The summed E-state index contributed by atoms with van der Waals surface area (Å²) in [5.74, 6) is 3.03. The van der Waals surface area contributed by atoms with Gasteiger partial charge in [-0.25, -0.2) is 0 Å². The average molecular weight is 445 g/mol. The molecule has 4 heteroatoms. The highest BCUT2D eigenvalue weighted by Crippen LogP contribution is 2.29. The molecule has 0 bridgehead atoms. The number of benzene rings is 2. The number of hydrogen-bond acceptors (Lipinski definition) is 4. The minimum atomic E-state index is 0.461. The summed E-state index contributed by atoms with van der Waals surface area (Å²) in [7, 11) is 3.39. The first-order valence-corrected chi connectivity index (χ1v) is 11.9. The molecule has 0 aliphatic carbocycles. The highest BCUT2D eigenvalue weighted by atomic mass is 16.5. The lowest BCUT2D eigenvalue weighted by molar-refractivity contribution is 0.164. The maximum Gasteiger partial charge on any atom is 0.130 e. The van der Waals surface area contributed by atoms with Crippen molar-refractivity contribution in [1.29, 1.82) is 0 Å². The van der Waals surface area contributed by atoms with Crippen LogP contribution in [-0.2, 0) is 22.7 Å². The van der Waals surface area contributed by atoms with Crippen molar-refractivity contribution in [2.24, 2.45) is 5.92 Å². The summed E-state index contributed by atoms with van der Waals surface area (Å²) >= 11 is 0. The van der Waals surface area contributed by atoms with Gasteiger partial charge < -0.3 is 18.9 Å². The molecule has 0 spiro atoms. The SMILES string of the molecule is CC.CCC(CC(C)C)c1ccc(OCCOc2c(COC)cc(C)cc2COC)cc1. The summed E-state index contributed by atoms with van der Waals surface area (Å²) in [6.45, 7) is 14.8. The van der Waals surface area contributed by atoms with E-state index in [1.807, 2.05) is 13.8 Å². The number of aryl methyl sites for hydroxylation is 1. The van der Waals surface area contributed by atoms with Crippen LogP contribution in [0.1, 0.15) is 75.6 Å². The van der Waals surface area contributed by atoms with Crippen molar-refractivity contribution in [1.82, 2.24) is 0 Å². The van der Waals surface area contributed by atoms with Crippen LogP contribution in [-0.4, -0.2) is 27.4 Å². The van der Waals surface area contributed by atoms with Crippen LogP contribution in [0.2, 0.25) is 0 Å². The molecular formula is C28H44O4. The zero-order valence-corrected chi connectivity index (χ0v) is 21.5. The number of hydrogen-bond donors (Lipinski definition) is 0. The molecule has 1 atom stereocenters. The second-order valence-electron chi connectivity index (χ2n) is 8.28. The number of methoxy groups -OCH3 is 2. The number of ether oxygens (including phenoxy) is 4. The lowest BCUT2D eigenvalue weighted by Crippen LogP contribution is -2.12. The Bertz CT molecular complexity index is 726. The maximum absolute atomic E-state index is 6.09. The standard InChI is InChI=1S/C26H38O4.C2H6/c1-7-21(14-19(2)3)22-8-10-25(11-9-22)29-12-13-30-26-23(17-27-5)15-20(4)16-24(26)18-28-6;1-2/h8-11,15-16,19,21H,7,12-14,17-18H2,1-6H3;1-2H3. The van der Waals surface area contributed by atoms with Crippen molar-refractivity contribution < 1.29 is 18.9 Å². The minimum absolute atomic E-state index is 0.461. The molecule has 0 amide bonds. The molecule has 4 nitrogen and oxygen atoms in total. The Balaban J connectivity index is 0.00000249. The smallest absolute Gasteiger partial charge is 0.130 e. The van der Waals surface area contributed by atoms with Crippen LogP contribution in [0.5, 0.6) is 11.5 Å². The molecule has 0 aromatic heterocycles. The first-order chi connectivity index (χ1) is 15.5. The summed E-state index contributed by atoms with van der Waals surface area (Å²) in [6.07, 6.45) is 2.38. The molecule has 0 fully saturated rings. The highest BCUT2D eigenvalue weighted by molar-refractivity contribution is 5.44. The largest absolute Gasteiger partial charge is 0.490 e. The van der Waals surface area contributed by atoms with Crippen molar-refractivity contribution in [3.8, 4) is 11.5 Å². The second-order valence-corrected chi connectivity index (χ2v) is 8.28. The third-order valence-electron chi connectivity index (χ3n) is 5.19. The van der Waals surface area contributed by atoms with Crippen LogP contribution in [0.4, 0.5) is 0 Å². The van der Waals surface area contributed by atoms with E-state index in [1.54, 1.807) is 14.2 Å². The lowest BCUT2D eigenvalue weighted by Gasteiger charge is -2.18. The van der Waals surface area contributed by atoms with Gasteiger partial charge in [0.05, 0.1) is 13.2 Å². The fourth-order valence-electron chi connectivity index (χ4n) is 3.89. The van der Waals surface area contributed by atoms with Gasteiger partial charge in [0.1, 0.15) is 24.7 Å². The third-order valence-corrected chi connectivity index (χ3v) is 5.19. The first kappa shape index (κ1) is 28.0. The van der Waals surface area contributed by atoms with Gasteiger partial charge in [0.15, 0.2) is 0 Å². The monoisotopic (exact) mass is 444 g/mol. The molecule has 32 heavy (non-hydrogen) atoms. The minimum Gasteiger partial charge on any atom is -0.490 e. The van der Waals surface area contributed by atoms with Gasteiger partial charge in [-0.05, 0) is 49.3 Å². The Morgan fingerprint density at radius 1 is 0.812 bits per heavy atom. The summed E-state index contributed by atoms with van der Waals surface area (Å²) < 4.78 is 22.7. The van der Waals surface area contributed by atoms with Crippen molar-refractivity contribution in [2.75, 3.05) is 27.4 Å². The molecule has 1 unspecified atom stereocenters. The van der Waals surface area contributed by atoms with E-state index in [4.69, 9.17) is 18.9 Å². The molecular weight excluding hydrogens is 400 g/mol. The van der Waals surface area contributed by atoms with E-state index in [1.165, 1.54) is 17.5 Å². The zero-order valence-electron chi connectivity index (χ0n) is 21.5. The topological polar surface area (TPSA) is 36.9 Å². The van der Waals surface area contributed by atoms with E-state index < -0.39 is 0 Å². The Morgan fingerprint density at radius 3 is 1.81 bits per heavy atom. The molecule has 2 aromatic rings. The van der Waals surface area contributed by atoms with E-state index in [-0.39, 0.29) is 0 Å². The van der Waals surface area contributed by atoms with Crippen LogP contribution in [0.15, 0.2) is 36.4 Å². The summed E-state index contributed by atoms with van der Waals surface area (Å²) in [6, 6.07) is 12.7. The van der Waals surface area contributed by atoms with Gasteiger partial charge in [-0.3, -0.25) is 0 Å². The molecule has 180 valence electrons. The van der Waals surface area contributed by atoms with Gasteiger partial charge in [0, 0.05) is 25.3 Å². The van der Waals surface area contributed by atoms with Gasteiger partial charge in [0.25, 0.3) is 0 Å². The van der Waals surface area contributed by atoms with E-state index in [0.29, 0.717) is 38.3 Å². The van der Waals surface area contributed by atoms with Gasteiger partial charge in [0.2, 0.25) is 0 Å². The average Bonchev–Trinajstić information content (AvgIpc) is 2.78. The molecule has 0 aliphatic rings. The van der Waals surface area contributed by atoms with Crippen LogP contribution >= 0.6 is 0 Å². The Labute approximate surface area is 196 Å². The molecule has 0 heterocycles. The fourth-order valence-corrected chi connectivity index (χ4v) is 3.89. The van der Waals surface area contributed by atoms with Crippen molar-refractivity contribution >= 4 is 0 Å². The van der Waals surface area contributed by atoms with Gasteiger partial charge in [-0.2, -0.15) is 0 Å². The molecule has 0 radical (unpaired) electrons. The van der Waals surface area contributed by atoms with Gasteiger partial charge in [-0.15, -0.1) is 0 Å². The number of rotatable bonds is 13. The quantitative estimate of drug-likeness (QED) is 0.303. The third kappa shape index (κ3) is 9.22. The predicted octanol–water partition coefficient (Wildman–Crippen LogP) is 7.31. The van der Waals surface area contributed by atoms with E-state index >= 15 is 0 Å². The summed E-state index contributed by atoms with van der Waals surface area (Å²) in [5.41, 5.74) is 4.62. The molecule has 0 aliphatic heterocycles. The lowest BCUT2D eigenvalue weighted by atomic mass is 9.88. The van der Waals surface area contributed by atoms with Crippen molar-refractivity contribution in [3.63, 3.8) is 0 Å². The normalized spacial score (nSPS) is 11.7. The fraction of sp³-hybridized carbons (Fsp3) is 0.571. The predicted molar refractivity (Wildman–Crippen MR) is 134 cm³/mol. The van der Waals surface area contributed by atoms with Crippen molar-refractivity contribution in [2.45, 2.75) is 73.5 Å².